The van der Waals surface area contributed by atoms with Gasteiger partial charge in [0, 0.05) is 0 Å². The predicted molar refractivity (Wildman–Crippen MR) is 60.6 cm³/mol. The summed E-state index contributed by atoms with van der Waals surface area (Å²) in [7, 11) is 0. The van der Waals surface area contributed by atoms with Gasteiger partial charge >= 0.3 is 0 Å². The molecule has 0 radical (unpaired) electrons. The Labute approximate surface area is 106 Å². The van der Waals surface area contributed by atoms with Crippen LogP contribution in [0.2, 0.25) is 0 Å². The lowest BCUT2D eigenvalue weighted by molar-refractivity contribution is -0.313. The van der Waals surface area contributed by atoms with Crippen molar-refractivity contribution in [2.75, 3.05) is 13.2 Å². The van der Waals surface area contributed by atoms with Gasteiger partial charge in [-0.05, 0) is 6.42 Å². The van der Waals surface area contributed by atoms with Crippen molar-refractivity contribution in [2.24, 2.45) is 0 Å². The molecule has 0 spiro atoms. The normalized spacial score (nSPS) is 38.7. The zero-order valence-electron chi connectivity index (χ0n) is 10.3. The van der Waals surface area contributed by atoms with Gasteiger partial charge in [0.15, 0.2) is 6.29 Å². The van der Waals surface area contributed by atoms with Crippen LogP contribution in [-0.4, -0.2) is 75.6 Å². The van der Waals surface area contributed by atoms with Crippen LogP contribution in [0.5, 0.6) is 0 Å². The summed E-state index contributed by atoms with van der Waals surface area (Å²) in [6, 6.07) is 0. The number of ether oxygens (including phenoxy) is 2. The molecule has 6 atom stereocenters. The molecule has 1 rings (SSSR count). The number of hydrogen-bond donors (Lipinski definition) is 5. The summed E-state index contributed by atoms with van der Waals surface area (Å²) in [5.74, 6) is 0. The van der Waals surface area contributed by atoms with Crippen molar-refractivity contribution in [3.05, 3.63) is 0 Å². The van der Waals surface area contributed by atoms with Crippen LogP contribution in [0.1, 0.15) is 19.8 Å². The lowest BCUT2D eigenvalue weighted by atomic mass is 9.99. The smallest absolute Gasteiger partial charge is 0.187 e. The molecule has 0 bridgehead atoms. The van der Waals surface area contributed by atoms with Crippen molar-refractivity contribution in [3.63, 3.8) is 0 Å². The van der Waals surface area contributed by atoms with Gasteiger partial charge in [0.25, 0.3) is 0 Å². The van der Waals surface area contributed by atoms with Gasteiger partial charge in [0.05, 0.1) is 19.3 Å². The second kappa shape index (κ2) is 7.34. The lowest BCUT2D eigenvalue weighted by Crippen LogP contribution is -2.59. The molecule has 0 aromatic rings. The SMILES string of the molecule is CCCC(CO)OC1OC(CO)C(O)C(O)C1O. The van der Waals surface area contributed by atoms with Crippen LogP contribution in [0, 0.1) is 0 Å². The van der Waals surface area contributed by atoms with Crippen LogP contribution in [0.3, 0.4) is 0 Å². The summed E-state index contributed by atoms with van der Waals surface area (Å²) in [5, 5.41) is 46.9. The quantitative estimate of drug-likeness (QED) is 0.376. The van der Waals surface area contributed by atoms with Gasteiger partial charge in [-0.25, -0.2) is 0 Å². The molecule has 1 fully saturated rings. The predicted octanol–water partition coefficient (Wildman–Crippen LogP) is -2.04. The third kappa shape index (κ3) is 3.61. The maximum atomic E-state index is 9.71. The topological polar surface area (TPSA) is 120 Å². The first-order chi connectivity index (χ1) is 8.54. The van der Waals surface area contributed by atoms with Gasteiger partial charge < -0.3 is 35.0 Å². The van der Waals surface area contributed by atoms with E-state index in [0.717, 1.165) is 6.42 Å². The zero-order chi connectivity index (χ0) is 13.7. The molecule has 1 saturated heterocycles. The van der Waals surface area contributed by atoms with Gasteiger partial charge in [0.1, 0.15) is 24.4 Å². The highest BCUT2D eigenvalue weighted by molar-refractivity contribution is 4.89. The van der Waals surface area contributed by atoms with E-state index in [9.17, 15) is 15.3 Å². The summed E-state index contributed by atoms with van der Waals surface area (Å²) in [4.78, 5) is 0. The summed E-state index contributed by atoms with van der Waals surface area (Å²) in [5.41, 5.74) is 0. The fraction of sp³-hybridized carbons (Fsp3) is 1.00. The van der Waals surface area contributed by atoms with Crippen molar-refractivity contribution in [2.45, 2.75) is 56.6 Å². The monoisotopic (exact) mass is 266 g/mol. The highest BCUT2D eigenvalue weighted by Crippen LogP contribution is 2.23. The van der Waals surface area contributed by atoms with E-state index in [1.54, 1.807) is 0 Å². The van der Waals surface area contributed by atoms with E-state index in [2.05, 4.69) is 0 Å². The van der Waals surface area contributed by atoms with Crippen LogP contribution >= 0.6 is 0 Å². The van der Waals surface area contributed by atoms with Crippen molar-refractivity contribution in [1.82, 2.24) is 0 Å². The van der Waals surface area contributed by atoms with E-state index < -0.39 is 43.4 Å². The van der Waals surface area contributed by atoms with E-state index >= 15 is 0 Å². The van der Waals surface area contributed by atoms with Crippen molar-refractivity contribution in [3.8, 4) is 0 Å². The Bertz CT molecular complexity index is 235. The molecule has 1 aliphatic rings. The second-order valence-electron chi connectivity index (χ2n) is 4.43. The number of rotatable bonds is 6. The van der Waals surface area contributed by atoms with E-state index in [4.69, 9.17) is 19.7 Å². The first kappa shape index (κ1) is 15.8. The van der Waals surface area contributed by atoms with E-state index in [-0.39, 0.29) is 6.61 Å². The third-order valence-corrected chi connectivity index (χ3v) is 2.99. The Morgan fingerprint density at radius 3 is 2.28 bits per heavy atom. The molecule has 1 heterocycles. The number of aliphatic hydroxyl groups excluding tert-OH is 5. The Kier molecular flexibility index (Phi) is 6.44. The van der Waals surface area contributed by atoms with Crippen LogP contribution in [-0.2, 0) is 9.47 Å². The van der Waals surface area contributed by atoms with E-state index in [1.807, 2.05) is 6.92 Å². The molecule has 0 saturated carbocycles. The van der Waals surface area contributed by atoms with Gasteiger partial charge in [-0.3, -0.25) is 0 Å². The summed E-state index contributed by atoms with van der Waals surface area (Å²) in [6.07, 6.45) is -5.61. The molecule has 0 aromatic heterocycles. The molecule has 0 aliphatic carbocycles. The average Bonchev–Trinajstić information content (AvgIpc) is 2.38. The van der Waals surface area contributed by atoms with E-state index in [1.165, 1.54) is 0 Å². The third-order valence-electron chi connectivity index (χ3n) is 2.99. The zero-order valence-corrected chi connectivity index (χ0v) is 10.3. The molecule has 5 N–H and O–H groups in total. The second-order valence-corrected chi connectivity index (χ2v) is 4.43. The Morgan fingerprint density at radius 2 is 1.78 bits per heavy atom. The molecule has 0 amide bonds. The van der Waals surface area contributed by atoms with Gasteiger partial charge in [-0.2, -0.15) is 0 Å². The van der Waals surface area contributed by atoms with Crippen molar-refractivity contribution in [1.29, 1.82) is 0 Å². The van der Waals surface area contributed by atoms with Crippen LogP contribution in [0.15, 0.2) is 0 Å². The fourth-order valence-electron chi connectivity index (χ4n) is 1.89. The molecule has 6 unspecified atom stereocenters. The molecular weight excluding hydrogens is 244 g/mol. The molecule has 0 aromatic carbocycles. The minimum absolute atomic E-state index is 0.233. The molecule has 18 heavy (non-hydrogen) atoms. The summed E-state index contributed by atoms with van der Waals surface area (Å²) in [6.45, 7) is 1.19. The van der Waals surface area contributed by atoms with Crippen LogP contribution in [0.25, 0.3) is 0 Å². The lowest BCUT2D eigenvalue weighted by Gasteiger charge is -2.40. The Morgan fingerprint density at radius 1 is 1.11 bits per heavy atom. The minimum Gasteiger partial charge on any atom is -0.394 e. The standard InChI is InChI=1S/C11H22O7/c1-2-3-6(4-12)17-11-10(16)9(15)8(14)7(5-13)18-11/h6-16H,2-5H2,1H3. The number of aliphatic hydroxyl groups is 5. The van der Waals surface area contributed by atoms with Crippen molar-refractivity contribution >= 4 is 0 Å². The van der Waals surface area contributed by atoms with Gasteiger partial charge in [-0.15, -0.1) is 0 Å². The highest BCUT2D eigenvalue weighted by Gasteiger charge is 2.44. The Balaban J connectivity index is 2.63. The highest BCUT2D eigenvalue weighted by atomic mass is 16.7. The van der Waals surface area contributed by atoms with Gasteiger partial charge in [-0.1, -0.05) is 13.3 Å². The molecule has 7 nitrogen and oxygen atoms in total. The Hall–Kier alpha value is -0.280. The fourth-order valence-corrected chi connectivity index (χ4v) is 1.89. The first-order valence-corrected chi connectivity index (χ1v) is 6.12. The van der Waals surface area contributed by atoms with Gasteiger partial charge in [0.2, 0.25) is 0 Å². The minimum atomic E-state index is -1.46. The molecule has 7 heteroatoms. The maximum absolute atomic E-state index is 9.71. The van der Waals surface area contributed by atoms with E-state index in [0.29, 0.717) is 6.42 Å². The first-order valence-electron chi connectivity index (χ1n) is 6.12. The summed E-state index contributed by atoms with van der Waals surface area (Å²) < 4.78 is 10.5. The molecular formula is C11H22O7. The van der Waals surface area contributed by atoms with Crippen molar-refractivity contribution < 1.29 is 35.0 Å². The summed E-state index contributed by atoms with van der Waals surface area (Å²) >= 11 is 0. The molecule has 108 valence electrons. The molecule has 1 aliphatic heterocycles. The largest absolute Gasteiger partial charge is 0.394 e. The maximum Gasteiger partial charge on any atom is 0.187 e. The number of hydrogen-bond acceptors (Lipinski definition) is 7. The van der Waals surface area contributed by atoms with Crippen LogP contribution < -0.4 is 0 Å². The van der Waals surface area contributed by atoms with Crippen LogP contribution in [0.4, 0.5) is 0 Å². The average molecular weight is 266 g/mol.